The van der Waals surface area contributed by atoms with Crippen molar-refractivity contribution < 1.29 is 9.18 Å². The van der Waals surface area contributed by atoms with Crippen LogP contribution in [0, 0.1) is 19.7 Å². The summed E-state index contributed by atoms with van der Waals surface area (Å²) in [5.74, 6) is -0.626. The van der Waals surface area contributed by atoms with Gasteiger partial charge in [-0.3, -0.25) is 9.59 Å². The highest BCUT2D eigenvalue weighted by Crippen LogP contribution is 2.33. The number of hydrogen-bond donors (Lipinski definition) is 2. The number of carbonyl (C=O) groups is 1. The lowest BCUT2D eigenvalue weighted by Gasteiger charge is -2.36. The van der Waals surface area contributed by atoms with Crippen LogP contribution < -0.4 is 10.9 Å². The molecule has 1 aliphatic heterocycles. The number of anilines is 1. The average Bonchev–Trinajstić information content (AvgIpc) is 2.66. The summed E-state index contributed by atoms with van der Waals surface area (Å²) in [6.07, 6.45) is 2.34. The Morgan fingerprint density at radius 3 is 2.86 bits per heavy atom. The molecular weight excluding hydrogens is 369 g/mol. The van der Waals surface area contributed by atoms with Gasteiger partial charge in [-0.2, -0.15) is 0 Å². The predicted molar refractivity (Wildman–Crippen MR) is 113 cm³/mol. The van der Waals surface area contributed by atoms with Gasteiger partial charge >= 0.3 is 0 Å². The first kappa shape index (κ1) is 19.2. The maximum Gasteiger partial charge on any atom is 0.255 e. The van der Waals surface area contributed by atoms with Gasteiger partial charge in [0.15, 0.2) is 0 Å². The molecule has 1 aliphatic rings. The van der Waals surface area contributed by atoms with E-state index in [9.17, 15) is 14.0 Å². The number of amides is 1. The molecule has 0 fully saturated rings. The van der Waals surface area contributed by atoms with Crippen molar-refractivity contribution in [2.45, 2.75) is 33.2 Å². The summed E-state index contributed by atoms with van der Waals surface area (Å²) in [5, 5.41) is 3.82. The number of halogens is 1. The van der Waals surface area contributed by atoms with E-state index >= 15 is 0 Å². The number of aromatic nitrogens is 1. The van der Waals surface area contributed by atoms with E-state index in [4.69, 9.17) is 0 Å². The molecule has 5 nitrogen and oxygen atoms in total. The third-order valence-corrected chi connectivity index (χ3v) is 5.74. The molecule has 2 aromatic carbocycles. The van der Waals surface area contributed by atoms with Crippen molar-refractivity contribution in [3.63, 3.8) is 0 Å². The fourth-order valence-electron chi connectivity index (χ4n) is 4.42. The van der Waals surface area contributed by atoms with Gasteiger partial charge in [0.05, 0.1) is 23.7 Å². The van der Waals surface area contributed by atoms with Gasteiger partial charge < -0.3 is 15.2 Å². The number of hydrogen-bond acceptors (Lipinski definition) is 3. The van der Waals surface area contributed by atoms with Crippen LogP contribution in [0.1, 0.15) is 35.2 Å². The lowest BCUT2D eigenvalue weighted by molar-refractivity contribution is -0.131. The first-order valence-electron chi connectivity index (χ1n) is 9.79. The fourth-order valence-corrected chi connectivity index (χ4v) is 4.42. The maximum atomic E-state index is 14.4. The molecule has 0 radical (unpaired) electrons. The first-order chi connectivity index (χ1) is 13.8. The molecule has 1 atom stereocenters. The van der Waals surface area contributed by atoms with Crippen molar-refractivity contribution in [3.05, 3.63) is 75.0 Å². The van der Waals surface area contributed by atoms with E-state index in [0.717, 1.165) is 6.42 Å². The summed E-state index contributed by atoms with van der Waals surface area (Å²) in [5.41, 5.74) is 4.83. The van der Waals surface area contributed by atoms with Crippen molar-refractivity contribution >= 4 is 22.4 Å². The molecule has 0 spiro atoms. The fraction of sp³-hybridized carbons (Fsp3) is 0.304. The van der Waals surface area contributed by atoms with Crippen LogP contribution >= 0.6 is 0 Å². The van der Waals surface area contributed by atoms with E-state index < -0.39 is 5.82 Å². The van der Waals surface area contributed by atoms with E-state index in [0.29, 0.717) is 11.9 Å². The summed E-state index contributed by atoms with van der Waals surface area (Å²) in [7, 11) is 0. The second kappa shape index (κ2) is 7.35. The summed E-state index contributed by atoms with van der Waals surface area (Å²) in [4.78, 5) is 29.1. The van der Waals surface area contributed by atoms with Crippen molar-refractivity contribution in [1.29, 1.82) is 0 Å². The number of benzene rings is 2. The largest absolute Gasteiger partial charge is 0.374 e. The van der Waals surface area contributed by atoms with Crippen molar-refractivity contribution in [2.75, 3.05) is 18.4 Å². The number of fused-ring (bicyclic) bond motifs is 2. The van der Waals surface area contributed by atoms with Crippen LogP contribution in [0.2, 0.25) is 0 Å². The third-order valence-electron chi connectivity index (χ3n) is 5.74. The molecule has 0 saturated heterocycles. The number of aromatic amines is 1. The third kappa shape index (κ3) is 3.50. The van der Waals surface area contributed by atoms with Crippen LogP contribution in [0.5, 0.6) is 0 Å². The molecule has 0 aliphatic carbocycles. The van der Waals surface area contributed by atoms with Gasteiger partial charge in [-0.25, -0.2) is 4.39 Å². The van der Waals surface area contributed by atoms with Gasteiger partial charge in [-0.1, -0.05) is 17.7 Å². The van der Waals surface area contributed by atoms with E-state index in [1.165, 1.54) is 34.5 Å². The monoisotopic (exact) mass is 393 g/mol. The van der Waals surface area contributed by atoms with Crippen LogP contribution in [0.15, 0.2) is 41.3 Å². The molecule has 29 heavy (non-hydrogen) atoms. The normalized spacial score (nSPS) is 16.0. The zero-order valence-corrected chi connectivity index (χ0v) is 16.8. The number of carbonyl (C=O) groups excluding carboxylic acids is 1. The number of nitrogens with zero attached hydrogens (tertiary/aromatic N) is 1. The predicted octanol–water partition coefficient (Wildman–Crippen LogP) is 3.84. The maximum absolute atomic E-state index is 14.4. The average molecular weight is 393 g/mol. The van der Waals surface area contributed by atoms with Crippen LogP contribution in [0.25, 0.3) is 10.8 Å². The van der Waals surface area contributed by atoms with Crippen LogP contribution in [0.4, 0.5) is 10.1 Å². The van der Waals surface area contributed by atoms with Gasteiger partial charge in [-0.05, 0) is 67.5 Å². The minimum Gasteiger partial charge on any atom is -0.374 e. The van der Waals surface area contributed by atoms with Crippen molar-refractivity contribution in [2.24, 2.45) is 0 Å². The molecular formula is C23H24FN3O2. The Bertz CT molecular complexity index is 1170. The quantitative estimate of drug-likeness (QED) is 0.711. The molecule has 4 rings (SSSR count). The summed E-state index contributed by atoms with van der Waals surface area (Å²) < 4.78 is 14.4. The van der Waals surface area contributed by atoms with E-state index in [1.807, 2.05) is 11.8 Å². The molecule has 1 aromatic heterocycles. The lowest BCUT2D eigenvalue weighted by atomic mass is 9.88. The zero-order chi connectivity index (χ0) is 20.7. The molecule has 1 amide bonds. The van der Waals surface area contributed by atoms with Gasteiger partial charge in [0, 0.05) is 12.7 Å². The number of aryl methyl sites for hydroxylation is 2. The molecule has 1 unspecified atom stereocenters. The Labute approximate surface area is 168 Å². The summed E-state index contributed by atoms with van der Waals surface area (Å²) >= 11 is 0. The molecule has 0 bridgehead atoms. The number of rotatable bonds is 3. The summed E-state index contributed by atoms with van der Waals surface area (Å²) in [6, 6.07) is 8.80. The van der Waals surface area contributed by atoms with E-state index in [-0.39, 0.29) is 35.1 Å². The standard InChI is InChI=1S/C23H24FN3O2/c1-13-8-14(2)22-15(3)27(7-5-17(22)9-13)21(28)12-26-20-10-16-4-6-25-23(29)18(16)11-19(20)24/h4,6,8-11,15,26H,5,7,12H2,1-3H3,(H,25,29). The molecule has 2 heterocycles. The minimum atomic E-state index is -0.551. The highest BCUT2D eigenvalue weighted by Gasteiger charge is 2.28. The Morgan fingerprint density at radius 2 is 2.07 bits per heavy atom. The zero-order valence-electron chi connectivity index (χ0n) is 16.8. The first-order valence-corrected chi connectivity index (χ1v) is 9.79. The second-order valence-corrected chi connectivity index (χ2v) is 7.75. The Kier molecular flexibility index (Phi) is 4.86. The highest BCUT2D eigenvalue weighted by molar-refractivity contribution is 5.87. The van der Waals surface area contributed by atoms with E-state index in [2.05, 4.69) is 36.3 Å². The smallest absolute Gasteiger partial charge is 0.255 e. The Morgan fingerprint density at radius 1 is 1.28 bits per heavy atom. The Balaban J connectivity index is 1.52. The molecule has 2 N–H and O–H groups in total. The highest BCUT2D eigenvalue weighted by atomic mass is 19.1. The van der Waals surface area contributed by atoms with Gasteiger partial charge in [0.2, 0.25) is 5.91 Å². The Hall–Kier alpha value is -3.15. The SMILES string of the molecule is Cc1cc(C)c2c(c1)CCN(C(=O)CNc1cc3cc[nH]c(=O)c3cc1F)C2C. The molecule has 150 valence electrons. The summed E-state index contributed by atoms with van der Waals surface area (Å²) in [6.45, 7) is 6.86. The van der Waals surface area contributed by atoms with Crippen molar-refractivity contribution in [1.82, 2.24) is 9.88 Å². The number of nitrogens with one attached hydrogen (secondary N) is 2. The number of H-pyrrole nitrogens is 1. The van der Waals surface area contributed by atoms with Gasteiger partial charge in [0.25, 0.3) is 5.56 Å². The minimum absolute atomic E-state index is 0.00377. The molecule has 0 saturated carbocycles. The van der Waals surface area contributed by atoms with E-state index in [1.54, 1.807) is 12.1 Å². The number of pyridine rings is 1. The van der Waals surface area contributed by atoms with Gasteiger partial charge in [-0.15, -0.1) is 0 Å². The van der Waals surface area contributed by atoms with Crippen LogP contribution in [-0.2, 0) is 11.2 Å². The van der Waals surface area contributed by atoms with Gasteiger partial charge in [0.1, 0.15) is 5.82 Å². The topological polar surface area (TPSA) is 65.2 Å². The molecule has 6 heteroatoms. The molecule has 3 aromatic rings. The van der Waals surface area contributed by atoms with Crippen LogP contribution in [0.3, 0.4) is 0 Å². The van der Waals surface area contributed by atoms with Crippen molar-refractivity contribution in [3.8, 4) is 0 Å². The second-order valence-electron chi connectivity index (χ2n) is 7.75. The lowest BCUT2D eigenvalue weighted by Crippen LogP contribution is -2.42. The van der Waals surface area contributed by atoms with Crippen LogP contribution in [-0.4, -0.2) is 28.9 Å².